The summed E-state index contributed by atoms with van der Waals surface area (Å²) in [5.74, 6) is 0.652. The first-order valence-corrected chi connectivity index (χ1v) is 7.06. The van der Waals surface area contributed by atoms with Crippen LogP contribution in [-0.2, 0) is 0 Å². The fourth-order valence-corrected chi connectivity index (χ4v) is 3.01. The molecule has 0 aliphatic carbocycles. The van der Waals surface area contributed by atoms with Crippen molar-refractivity contribution in [1.82, 2.24) is 9.97 Å². The Morgan fingerprint density at radius 1 is 1.30 bits per heavy atom. The van der Waals surface area contributed by atoms with E-state index in [4.69, 9.17) is 16.9 Å². The predicted octanol–water partition coefficient (Wildman–Crippen LogP) is 4.27. The summed E-state index contributed by atoms with van der Waals surface area (Å²) in [6.07, 6.45) is 0. The van der Waals surface area contributed by atoms with E-state index in [1.165, 1.54) is 0 Å². The smallest absolute Gasteiger partial charge is 0.225 e. The highest BCUT2D eigenvalue weighted by atomic mass is 35.5. The second-order valence-electron chi connectivity index (χ2n) is 4.23. The lowest BCUT2D eigenvalue weighted by Gasteiger charge is -2.07. The summed E-state index contributed by atoms with van der Waals surface area (Å²) >= 11 is 7.52. The van der Waals surface area contributed by atoms with Gasteiger partial charge in [0.15, 0.2) is 0 Å². The predicted molar refractivity (Wildman–Crippen MR) is 81.6 cm³/mol. The van der Waals surface area contributed by atoms with Crippen molar-refractivity contribution in [2.24, 2.45) is 0 Å². The minimum Gasteiger partial charge on any atom is -0.340 e. The number of thiophene rings is 1. The number of nitrogens with zero attached hydrogens (tertiary/aromatic N) is 3. The first kappa shape index (κ1) is 12.9. The van der Waals surface area contributed by atoms with Crippen LogP contribution in [-0.4, -0.2) is 9.97 Å². The van der Waals surface area contributed by atoms with E-state index in [2.05, 4.69) is 21.4 Å². The van der Waals surface area contributed by atoms with Crippen LogP contribution in [0.4, 0.5) is 11.5 Å². The number of fused-ring (bicyclic) bond motifs is 1. The molecule has 1 N–H and O–H groups in total. The molecule has 2 heterocycles. The van der Waals surface area contributed by atoms with Crippen molar-refractivity contribution in [2.75, 3.05) is 5.32 Å². The maximum absolute atomic E-state index is 8.92. The molecule has 0 saturated carbocycles. The molecule has 0 spiro atoms. The summed E-state index contributed by atoms with van der Waals surface area (Å²) < 4.78 is 0. The maximum Gasteiger partial charge on any atom is 0.225 e. The number of rotatable bonds is 2. The van der Waals surface area contributed by atoms with Crippen molar-refractivity contribution in [1.29, 1.82) is 5.26 Å². The highest BCUT2D eigenvalue weighted by Crippen LogP contribution is 2.31. The number of hydrogen-bond donors (Lipinski definition) is 1. The number of hydrogen-bond acceptors (Lipinski definition) is 5. The highest BCUT2D eigenvalue weighted by Gasteiger charge is 2.10. The fourth-order valence-electron chi connectivity index (χ4n) is 1.91. The zero-order valence-electron chi connectivity index (χ0n) is 10.5. The average Bonchev–Trinajstić information content (AvgIpc) is 2.79. The van der Waals surface area contributed by atoms with E-state index in [0.717, 1.165) is 20.8 Å². The van der Waals surface area contributed by atoms with Gasteiger partial charge >= 0.3 is 0 Å². The maximum atomic E-state index is 8.92. The first-order valence-electron chi connectivity index (χ1n) is 5.86. The first-order chi connectivity index (χ1) is 9.65. The van der Waals surface area contributed by atoms with Crippen LogP contribution in [0, 0.1) is 18.3 Å². The molecular formula is C14H9ClN4S. The zero-order valence-corrected chi connectivity index (χ0v) is 12.1. The molecular weight excluding hydrogens is 292 g/mol. The Morgan fingerprint density at radius 3 is 2.95 bits per heavy atom. The standard InChI is InChI=1S/C14H9ClN4S/c1-8-5-11-12(18-14(15)19-13(11)20-8)17-10-4-2-3-9(6-10)7-16/h2-6H,1H3,(H,17,18,19). The van der Waals surface area contributed by atoms with E-state index < -0.39 is 0 Å². The van der Waals surface area contributed by atoms with Gasteiger partial charge in [0, 0.05) is 10.6 Å². The van der Waals surface area contributed by atoms with Crippen molar-refractivity contribution in [3.8, 4) is 6.07 Å². The Morgan fingerprint density at radius 2 is 2.15 bits per heavy atom. The van der Waals surface area contributed by atoms with Crippen LogP contribution in [0.2, 0.25) is 5.28 Å². The van der Waals surface area contributed by atoms with Crippen LogP contribution >= 0.6 is 22.9 Å². The van der Waals surface area contributed by atoms with E-state index in [1.807, 2.05) is 25.1 Å². The molecule has 2 aromatic heterocycles. The Labute approximate surface area is 124 Å². The quantitative estimate of drug-likeness (QED) is 0.718. The van der Waals surface area contributed by atoms with Gasteiger partial charge in [0.05, 0.1) is 17.0 Å². The summed E-state index contributed by atoms with van der Waals surface area (Å²) in [4.78, 5) is 10.4. The SMILES string of the molecule is Cc1cc2c(Nc3cccc(C#N)c3)nc(Cl)nc2s1. The number of benzene rings is 1. The monoisotopic (exact) mass is 300 g/mol. The van der Waals surface area contributed by atoms with Crippen molar-refractivity contribution in [2.45, 2.75) is 6.92 Å². The number of anilines is 2. The van der Waals surface area contributed by atoms with Crippen molar-refractivity contribution in [3.63, 3.8) is 0 Å². The number of halogens is 1. The molecule has 0 aliphatic rings. The van der Waals surface area contributed by atoms with Gasteiger partial charge < -0.3 is 5.32 Å². The van der Waals surface area contributed by atoms with Crippen LogP contribution in [0.1, 0.15) is 10.4 Å². The summed E-state index contributed by atoms with van der Waals surface area (Å²) in [5.41, 5.74) is 1.39. The lowest BCUT2D eigenvalue weighted by molar-refractivity contribution is 1.23. The summed E-state index contributed by atoms with van der Waals surface area (Å²) in [5, 5.41) is 13.3. The molecule has 3 rings (SSSR count). The molecule has 0 bridgehead atoms. The Kier molecular flexibility index (Phi) is 3.26. The Hall–Kier alpha value is -2.16. The van der Waals surface area contributed by atoms with E-state index in [1.54, 1.807) is 23.5 Å². The summed E-state index contributed by atoms with van der Waals surface area (Å²) in [7, 11) is 0. The Balaban J connectivity index is 2.08. The Bertz CT molecular complexity index is 835. The van der Waals surface area contributed by atoms with Gasteiger partial charge in [0.1, 0.15) is 10.6 Å². The van der Waals surface area contributed by atoms with Crippen LogP contribution in [0.25, 0.3) is 10.2 Å². The molecule has 0 aliphatic heterocycles. The number of aromatic nitrogens is 2. The van der Waals surface area contributed by atoms with Crippen LogP contribution in [0.15, 0.2) is 30.3 Å². The molecule has 0 fully saturated rings. The number of aryl methyl sites for hydroxylation is 1. The molecule has 0 amide bonds. The molecule has 0 unspecified atom stereocenters. The minimum atomic E-state index is 0.207. The molecule has 0 saturated heterocycles. The molecule has 20 heavy (non-hydrogen) atoms. The molecule has 0 radical (unpaired) electrons. The minimum absolute atomic E-state index is 0.207. The van der Waals surface area contributed by atoms with Gasteiger partial charge in [-0.1, -0.05) is 6.07 Å². The molecule has 0 atom stereocenters. The second-order valence-corrected chi connectivity index (χ2v) is 5.81. The zero-order chi connectivity index (χ0) is 14.1. The normalized spacial score (nSPS) is 10.4. The fraction of sp³-hybridized carbons (Fsp3) is 0.0714. The van der Waals surface area contributed by atoms with Crippen LogP contribution < -0.4 is 5.32 Å². The molecule has 4 nitrogen and oxygen atoms in total. The lowest BCUT2D eigenvalue weighted by atomic mass is 10.2. The van der Waals surface area contributed by atoms with Gasteiger partial charge in [-0.2, -0.15) is 10.2 Å². The molecule has 1 aromatic carbocycles. The van der Waals surface area contributed by atoms with Crippen LogP contribution in [0.5, 0.6) is 0 Å². The van der Waals surface area contributed by atoms with Gasteiger partial charge in [-0.25, -0.2) is 4.98 Å². The average molecular weight is 301 g/mol. The number of nitrogens with one attached hydrogen (secondary N) is 1. The van der Waals surface area contributed by atoms with E-state index in [-0.39, 0.29) is 5.28 Å². The molecule has 3 aromatic rings. The third-order valence-electron chi connectivity index (χ3n) is 2.74. The van der Waals surface area contributed by atoms with Gasteiger partial charge in [-0.05, 0) is 42.8 Å². The third-order valence-corrected chi connectivity index (χ3v) is 3.86. The lowest BCUT2D eigenvalue weighted by Crippen LogP contribution is -1.96. The molecule has 6 heteroatoms. The van der Waals surface area contributed by atoms with Crippen molar-refractivity contribution < 1.29 is 0 Å². The van der Waals surface area contributed by atoms with Gasteiger partial charge in [-0.3, -0.25) is 0 Å². The second kappa shape index (κ2) is 5.08. The highest BCUT2D eigenvalue weighted by molar-refractivity contribution is 7.18. The van der Waals surface area contributed by atoms with Gasteiger partial charge in [-0.15, -0.1) is 11.3 Å². The van der Waals surface area contributed by atoms with Gasteiger partial charge in [0.25, 0.3) is 0 Å². The summed E-state index contributed by atoms with van der Waals surface area (Å²) in [6.45, 7) is 2.01. The summed E-state index contributed by atoms with van der Waals surface area (Å²) in [6, 6.07) is 11.3. The third kappa shape index (κ3) is 2.44. The van der Waals surface area contributed by atoms with E-state index >= 15 is 0 Å². The van der Waals surface area contributed by atoms with Crippen molar-refractivity contribution in [3.05, 3.63) is 46.1 Å². The number of nitriles is 1. The largest absolute Gasteiger partial charge is 0.340 e. The van der Waals surface area contributed by atoms with E-state index in [9.17, 15) is 0 Å². The van der Waals surface area contributed by atoms with Gasteiger partial charge in [0.2, 0.25) is 5.28 Å². The van der Waals surface area contributed by atoms with E-state index in [0.29, 0.717) is 11.4 Å². The topological polar surface area (TPSA) is 61.6 Å². The molecule has 98 valence electrons. The van der Waals surface area contributed by atoms with Crippen molar-refractivity contribution >= 4 is 44.7 Å². The van der Waals surface area contributed by atoms with Crippen LogP contribution in [0.3, 0.4) is 0 Å².